The molecule has 0 aliphatic rings. The van der Waals surface area contributed by atoms with Crippen molar-refractivity contribution in [3.63, 3.8) is 0 Å². The van der Waals surface area contributed by atoms with Gasteiger partial charge in [0, 0.05) is 12.5 Å². The molecule has 0 aromatic heterocycles. The normalized spacial score (nSPS) is 13.1. The molecular formula is C11H19N. The Morgan fingerprint density at radius 2 is 2.00 bits per heavy atom. The third kappa shape index (κ3) is 4.98. The van der Waals surface area contributed by atoms with Crippen LogP contribution in [0, 0.1) is 23.7 Å². The highest BCUT2D eigenvalue weighted by Gasteiger charge is 2.06. The molecule has 1 atom stereocenters. The zero-order valence-electron chi connectivity index (χ0n) is 8.30. The van der Waals surface area contributed by atoms with Crippen molar-refractivity contribution < 1.29 is 0 Å². The summed E-state index contributed by atoms with van der Waals surface area (Å²) in [5.41, 5.74) is 5.34. The van der Waals surface area contributed by atoms with Gasteiger partial charge in [-0.2, -0.15) is 0 Å². The van der Waals surface area contributed by atoms with Crippen molar-refractivity contribution in [3.05, 3.63) is 12.2 Å². The standard InChI is InChI=1S/C11H19N/c1-4-7-11(10(2)3)8-5-6-9-12/h5-6,10-11H,8-9,12H2,1-3H3/b6-5-. The fourth-order valence-corrected chi connectivity index (χ4v) is 1.02. The fourth-order valence-electron chi connectivity index (χ4n) is 1.02. The van der Waals surface area contributed by atoms with Crippen molar-refractivity contribution in [1.29, 1.82) is 0 Å². The summed E-state index contributed by atoms with van der Waals surface area (Å²) < 4.78 is 0. The molecule has 2 N–H and O–H groups in total. The summed E-state index contributed by atoms with van der Waals surface area (Å²) in [6, 6.07) is 0. The molecule has 0 radical (unpaired) electrons. The van der Waals surface area contributed by atoms with E-state index < -0.39 is 0 Å². The molecule has 0 bridgehead atoms. The van der Waals surface area contributed by atoms with E-state index in [1.165, 1.54) is 0 Å². The molecule has 0 amide bonds. The van der Waals surface area contributed by atoms with E-state index in [0.29, 0.717) is 18.4 Å². The van der Waals surface area contributed by atoms with E-state index in [9.17, 15) is 0 Å². The third-order valence-corrected chi connectivity index (χ3v) is 1.83. The first-order valence-electron chi connectivity index (χ1n) is 4.49. The summed E-state index contributed by atoms with van der Waals surface area (Å²) >= 11 is 0. The van der Waals surface area contributed by atoms with Crippen LogP contribution in [0.25, 0.3) is 0 Å². The fraction of sp³-hybridized carbons (Fsp3) is 0.636. The van der Waals surface area contributed by atoms with Gasteiger partial charge in [-0.05, 0) is 19.3 Å². The Labute approximate surface area is 76.0 Å². The molecule has 0 fully saturated rings. The van der Waals surface area contributed by atoms with Gasteiger partial charge in [0.05, 0.1) is 0 Å². The van der Waals surface area contributed by atoms with Crippen molar-refractivity contribution >= 4 is 0 Å². The van der Waals surface area contributed by atoms with Gasteiger partial charge in [0.25, 0.3) is 0 Å². The van der Waals surface area contributed by atoms with Crippen LogP contribution in [-0.4, -0.2) is 6.54 Å². The molecule has 0 spiro atoms. The molecule has 0 aliphatic carbocycles. The van der Waals surface area contributed by atoms with E-state index in [-0.39, 0.29) is 0 Å². The third-order valence-electron chi connectivity index (χ3n) is 1.83. The molecule has 0 aromatic carbocycles. The molecule has 0 saturated carbocycles. The molecule has 0 saturated heterocycles. The van der Waals surface area contributed by atoms with Crippen molar-refractivity contribution in [2.75, 3.05) is 6.54 Å². The van der Waals surface area contributed by atoms with Crippen LogP contribution in [0.2, 0.25) is 0 Å². The Morgan fingerprint density at radius 1 is 1.33 bits per heavy atom. The van der Waals surface area contributed by atoms with Gasteiger partial charge in [-0.25, -0.2) is 0 Å². The molecule has 68 valence electrons. The molecule has 1 heteroatoms. The second kappa shape index (κ2) is 6.94. The van der Waals surface area contributed by atoms with Gasteiger partial charge in [-0.1, -0.05) is 31.9 Å². The summed E-state index contributed by atoms with van der Waals surface area (Å²) in [7, 11) is 0. The summed E-state index contributed by atoms with van der Waals surface area (Å²) in [5.74, 6) is 7.27. The maximum atomic E-state index is 5.34. The highest BCUT2D eigenvalue weighted by atomic mass is 14.5. The van der Waals surface area contributed by atoms with Crippen molar-refractivity contribution in [1.82, 2.24) is 0 Å². The van der Waals surface area contributed by atoms with Gasteiger partial charge in [-0.3, -0.25) is 0 Å². The van der Waals surface area contributed by atoms with Gasteiger partial charge in [0.15, 0.2) is 0 Å². The summed E-state index contributed by atoms with van der Waals surface area (Å²) in [4.78, 5) is 0. The highest BCUT2D eigenvalue weighted by molar-refractivity contribution is 5.04. The van der Waals surface area contributed by atoms with Gasteiger partial charge in [-0.15, -0.1) is 5.92 Å². The maximum Gasteiger partial charge on any atom is 0.0260 e. The SMILES string of the molecule is CC#CC(C/C=C\CN)C(C)C. The Hall–Kier alpha value is -0.740. The first kappa shape index (κ1) is 11.3. The van der Waals surface area contributed by atoms with Gasteiger partial charge in [0.2, 0.25) is 0 Å². The topological polar surface area (TPSA) is 26.0 Å². The molecule has 0 heterocycles. The van der Waals surface area contributed by atoms with Gasteiger partial charge >= 0.3 is 0 Å². The Morgan fingerprint density at radius 3 is 2.42 bits per heavy atom. The zero-order valence-corrected chi connectivity index (χ0v) is 8.30. The molecule has 0 rings (SSSR count). The number of hydrogen-bond donors (Lipinski definition) is 1. The number of rotatable bonds is 4. The minimum Gasteiger partial charge on any atom is -0.327 e. The molecular weight excluding hydrogens is 146 g/mol. The lowest BCUT2D eigenvalue weighted by Gasteiger charge is -2.11. The Bertz CT molecular complexity index is 181. The van der Waals surface area contributed by atoms with Crippen molar-refractivity contribution in [3.8, 4) is 11.8 Å². The lowest BCUT2D eigenvalue weighted by Crippen LogP contribution is -2.05. The van der Waals surface area contributed by atoms with Crippen LogP contribution >= 0.6 is 0 Å². The lowest BCUT2D eigenvalue weighted by atomic mass is 9.93. The predicted molar refractivity (Wildman–Crippen MR) is 54.6 cm³/mol. The maximum absolute atomic E-state index is 5.34. The van der Waals surface area contributed by atoms with E-state index >= 15 is 0 Å². The number of nitrogens with two attached hydrogens (primary N) is 1. The zero-order chi connectivity index (χ0) is 9.40. The number of hydrogen-bond acceptors (Lipinski definition) is 1. The monoisotopic (exact) mass is 165 g/mol. The van der Waals surface area contributed by atoms with E-state index in [4.69, 9.17) is 5.73 Å². The smallest absolute Gasteiger partial charge is 0.0260 e. The van der Waals surface area contributed by atoms with E-state index in [1.807, 2.05) is 13.0 Å². The van der Waals surface area contributed by atoms with Crippen LogP contribution in [0.5, 0.6) is 0 Å². The summed E-state index contributed by atoms with van der Waals surface area (Å²) in [6.07, 6.45) is 5.14. The molecule has 0 aromatic rings. The van der Waals surface area contributed by atoms with E-state index in [1.54, 1.807) is 0 Å². The van der Waals surface area contributed by atoms with Crippen LogP contribution < -0.4 is 5.73 Å². The summed E-state index contributed by atoms with van der Waals surface area (Å²) in [5, 5.41) is 0. The minimum atomic E-state index is 0.484. The quantitative estimate of drug-likeness (QED) is 0.501. The molecule has 0 aliphatic heterocycles. The Kier molecular flexibility index (Phi) is 6.51. The van der Waals surface area contributed by atoms with Gasteiger partial charge in [0.1, 0.15) is 0 Å². The van der Waals surface area contributed by atoms with Crippen molar-refractivity contribution in [2.24, 2.45) is 17.6 Å². The summed E-state index contributed by atoms with van der Waals surface area (Å²) in [6.45, 7) is 6.92. The van der Waals surface area contributed by atoms with Crippen LogP contribution in [-0.2, 0) is 0 Å². The first-order valence-corrected chi connectivity index (χ1v) is 4.49. The first-order chi connectivity index (χ1) is 5.72. The largest absolute Gasteiger partial charge is 0.327 e. The van der Waals surface area contributed by atoms with E-state index in [0.717, 1.165) is 6.42 Å². The lowest BCUT2D eigenvalue weighted by molar-refractivity contribution is 0.485. The van der Waals surface area contributed by atoms with E-state index in [2.05, 4.69) is 31.8 Å². The van der Waals surface area contributed by atoms with Crippen LogP contribution in [0.3, 0.4) is 0 Å². The van der Waals surface area contributed by atoms with Gasteiger partial charge < -0.3 is 5.73 Å². The van der Waals surface area contributed by atoms with Crippen LogP contribution in [0.4, 0.5) is 0 Å². The van der Waals surface area contributed by atoms with Crippen LogP contribution in [0.15, 0.2) is 12.2 Å². The number of allylic oxidation sites excluding steroid dienone is 1. The minimum absolute atomic E-state index is 0.484. The average Bonchev–Trinajstić information content (AvgIpc) is 2.03. The average molecular weight is 165 g/mol. The Balaban J connectivity index is 3.93. The molecule has 12 heavy (non-hydrogen) atoms. The second-order valence-corrected chi connectivity index (χ2v) is 3.19. The van der Waals surface area contributed by atoms with Crippen molar-refractivity contribution in [2.45, 2.75) is 27.2 Å². The van der Waals surface area contributed by atoms with Crippen LogP contribution in [0.1, 0.15) is 27.2 Å². The molecule has 1 nitrogen and oxygen atoms in total. The molecule has 1 unspecified atom stereocenters. The predicted octanol–water partition coefficient (Wildman–Crippen LogP) is 2.19. The second-order valence-electron chi connectivity index (χ2n) is 3.19. The highest BCUT2D eigenvalue weighted by Crippen LogP contribution is 2.14.